The van der Waals surface area contributed by atoms with Crippen LogP contribution in [0, 0.1) is 0 Å². The third-order valence-corrected chi connectivity index (χ3v) is 3.56. The Morgan fingerprint density at radius 2 is 1.78 bits per heavy atom. The summed E-state index contributed by atoms with van der Waals surface area (Å²) in [5.74, 6) is 1.83. The van der Waals surface area contributed by atoms with Gasteiger partial charge in [0, 0.05) is 31.6 Å². The second kappa shape index (κ2) is 5.41. The van der Waals surface area contributed by atoms with Gasteiger partial charge in [0.05, 0.1) is 12.7 Å². The summed E-state index contributed by atoms with van der Waals surface area (Å²) in [4.78, 5) is 9.29. The number of aromatic nitrogens is 1. The molecule has 4 heteroatoms. The summed E-state index contributed by atoms with van der Waals surface area (Å²) in [5.41, 5.74) is 0.0478. The van der Waals surface area contributed by atoms with Crippen molar-refractivity contribution < 1.29 is 4.42 Å². The van der Waals surface area contributed by atoms with Crippen molar-refractivity contribution in [3.8, 4) is 0 Å². The normalized spacial score (nSPS) is 19.3. The molecule has 2 rings (SSSR count). The van der Waals surface area contributed by atoms with Crippen LogP contribution in [-0.4, -0.2) is 47.5 Å². The molecule has 0 saturated carbocycles. The minimum atomic E-state index is 0.0478. The zero-order valence-corrected chi connectivity index (χ0v) is 12.1. The van der Waals surface area contributed by atoms with E-state index in [1.807, 2.05) is 6.20 Å². The molecule has 2 heterocycles. The Balaban J connectivity index is 1.89. The molecule has 0 atom stereocenters. The number of piperazine rings is 1. The molecule has 0 bridgehead atoms. The first-order chi connectivity index (χ1) is 8.49. The highest BCUT2D eigenvalue weighted by molar-refractivity contribution is 5.06. The second-order valence-corrected chi connectivity index (χ2v) is 6.08. The maximum absolute atomic E-state index is 5.84. The van der Waals surface area contributed by atoms with Crippen LogP contribution >= 0.6 is 0 Å². The Labute approximate surface area is 110 Å². The standard InChI is InChI=1S/C14H25N3O/c1-5-16-6-8-17(9-7-16)11-13-15-10-12(18-13)14(2,3)4/h10H,5-9,11H2,1-4H3. The Morgan fingerprint density at radius 1 is 1.17 bits per heavy atom. The van der Waals surface area contributed by atoms with Crippen LogP contribution in [-0.2, 0) is 12.0 Å². The van der Waals surface area contributed by atoms with E-state index in [2.05, 4.69) is 42.5 Å². The van der Waals surface area contributed by atoms with Crippen molar-refractivity contribution in [2.45, 2.75) is 39.7 Å². The molecule has 1 saturated heterocycles. The fraction of sp³-hybridized carbons (Fsp3) is 0.786. The molecule has 0 N–H and O–H groups in total. The second-order valence-electron chi connectivity index (χ2n) is 6.08. The summed E-state index contributed by atoms with van der Waals surface area (Å²) in [5, 5.41) is 0. The van der Waals surface area contributed by atoms with Crippen molar-refractivity contribution in [3.05, 3.63) is 17.8 Å². The van der Waals surface area contributed by atoms with Crippen molar-refractivity contribution in [2.75, 3.05) is 32.7 Å². The maximum Gasteiger partial charge on any atom is 0.208 e. The SMILES string of the molecule is CCN1CCN(Cc2ncc(C(C)(C)C)o2)CC1. The highest BCUT2D eigenvalue weighted by Crippen LogP contribution is 2.23. The Bertz CT molecular complexity index is 373. The molecule has 0 aliphatic carbocycles. The lowest BCUT2D eigenvalue weighted by molar-refractivity contribution is 0.122. The highest BCUT2D eigenvalue weighted by Gasteiger charge is 2.21. The van der Waals surface area contributed by atoms with Gasteiger partial charge in [-0.15, -0.1) is 0 Å². The van der Waals surface area contributed by atoms with Gasteiger partial charge >= 0.3 is 0 Å². The van der Waals surface area contributed by atoms with E-state index in [0.717, 1.165) is 50.9 Å². The van der Waals surface area contributed by atoms with E-state index in [4.69, 9.17) is 4.42 Å². The van der Waals surface area contributed by atoms with E-state index in [9.17, 15) is 0 Å². The summed E-state index contributed by atoms with van der Waals surface area (Å²) in [6.07, 6.45) is 1.87. The van der Waals surface area contributed by atoms with E-state index < -0.39 is 0 Å². The topological polar surface area (TPSA) is 32.5 Å². The molecule has 102 valence electrons. The molecular weight excluding hydrogens is 226 g/mol. The molecule has 1 aromatic heterocycles. The average Bonchev–Trinajstić information content (AvgIpc) is 2.78. The molecule has 1 aliphatic rings. The van der Waals surface area contributed by atoms with Gasteiger partial charge in [-0.05, 0) is 6.54 Å². The Morgan fingerprint density at radius 3 is 2.28 bits per heavy atom. The minimum Gasteiger partial charge on any atom is -0.444 e. The number of hydrogen-bond donors (Lipinski definition) is 0. The van der Waals surface area contributed by atoms with Gasteiger partial charge in [-0.3, -0.25) is 4.90 Å². The highest BCUT2D eigenvalue weighted by atomic mass is 16.4. The first kappa shape index (κ1) is 13.6. The van der Waals surface area contributed by atoms with Crippen molar-refractivity contribution in [3.63, 3.8) is 0 Å². The van der Waals surface area contributed by atoms with Gasteiger partial charge in [0.2, 0.25) is 5.89 Å². The van der Waals surface area contributed by atoms with Crippen LogP contribution in [0.2, 0.25) is 0 Å². The number of likely N-dealkylation sites (N-methyl/N-ethyl adjacent to an activating group) is 1. The van der Waals surface area contributed by atoms with Gasteiger partial charge in [0.25, 0.3) is 0 Å². The van der Waals surface area contributed by atoms with Crippen LogP contribution in [0.15, 0.2) is 10.6 Å². The van der Waals surface area contributed by atoms with Gasteiger partial charge in [-0.1, -0.05) is 27.7 Å². The summed E-state index contributed by atoms with van der Waals surface area (Å²) >= 11 is 0. The van der Waals surface area contributed by atoms with Crippen LogP contribution in [0.5, 0.6) is 0 Å². The quantitative estimate of drug-likeness (QED) is 0.823. The fourth-order valence-electron chi connectivity index (χ4n) is 2.19. The predicted molar refractivity (Wildman–Crippen MR) is 72.6 cm³/mol. The summed E-state index contributed by atoms with van der Waals surface area (Å²) in [6, 6.07) is 0. The molecule has 0 spiro atoms. The van der Waals surface area contributed by atoms with Crippen LogP contribution in [0.4, 0.5) is 0 Å². The Hall–Kier alpha value is -0.870. The predicted octanol–water partition coefficient (Wildman–Crippen LogP) is 2.11. The molecule has 0 radical (unpaired) electrons. The van der Waals surface area contributed by atoms with Gasteiger partial charge in [-0.25, -0.2) is 4.98 Å². The molecule has 1 aromatic rings. The number of hydrogen-bond acceptors (Lipinski definition) is 4. The molecule has 1 fully saturated rings. The van der Waals surface area contributed by atoms with Crippen LogP contribution in [0.25, 0.3) is 0 Å². The molecule has 0 unspecified atom stereocenters. The lowest BCUT2D eigenvalue weighted by Crippen LogP contribution is -2.45. The molecular formula is C14H25N3O. The largest absolute Gasteiger partial charge is 0.444 e. The summed E-state index contributed by atoms with van der Waals surface area (Å²) in [6.45, 7) is 15.2. The zero-order chi connectivity index (χ0) is 13.2. The Kier molecular flexibility index (Phi) is 4.07. The summed E-state index contributed by atoms with van der Waals surface area (Å²) < 4.78 is 5.84. The molecule has 4 nitrogen and oxygen atoms in total. The number of nitrogens with zero attached hydrogens (tertiary/aromatic N) is 3. The van der Waals surface area contributed by atoms with E-state index in [1.54, 1.807) is 0 Å². The number of oxazole rings is 1. The van der Waals surface area contributed by atoms with Crippen molar-refractivity contribution in [2.24, 2.45) is 0 Å². The van der Waals surface area contributed by atoms with Gasteiger partial charge in [0.1, 0.15) is 5.76 Å². The van der Waals surface area contributed by atoms with Crippen molar-refractivity contribution >= 4 is 0 Å². The van der Waals surface area contributed by atoms with Gasteiger partial charge in [-0.2, -0.15) is 0 Å². The maximum atomic E-state index is 5.84. The summed E-state index contributed by atoms with van der Waals surface area (Å²) in [7, 11) is 0. The lowest BCUT2D eigenvalue weighted by atomic mass is 9.94. The fourth-order valence-corrected chi connectivity index (χ4v) is 2.19. The van der Waals surface area contributed by atoms with E-state index in [-0.39, 0.29) is 5.41 Å². The third kappa shape index (κ3) is 3.33. The van der Waals surface area contributed by atoms with Crippen LogP contribution < -0.4 is 0 Å². The van der Waals surface area contributed by atoms with Crippen molar-refractivity contribution in [1.29, 1.82) is 0 Å². The first-order valence-corrected chi connectivity index (χ1v) is 6.89. The van der Waals surface area contributed by atoms with Crippen molar-refractivity contribution in [1.82, 2.24) is 14.8 Å². The van der Waals surface area contributed by atoms with Crippen LogP contribution in [0.3, 0.4) is 0 Å². The minimum absolute atomic E-state index is 0.0478. The molecule has 18 heavy (non-hydrogen) atoms. The van der Waals surface area contributed by atoms with E-state index in [1.165, 1.54) is 0 Å². The van der Waals surface area contributed by atoms with Crippen LogP contribution in [0.1, 0.15) is 39.3 Å². The lowest BCUT2D eigenvalue weighted by Gasteiger charge is -2.33. The molecule has 1 aliphatic heterocycles. The average molecular weight is 251 g/mol. The zero-order valence-electron chi connectivity index (χ0n) is 12.1. The third-order valence-electron chi connectivity index (χ3n) is 3.56. The molecule has 0 aromatic carbocycles. The van der Waals surface area contributed by atoms with Gasteiger partial charge < -0.3 is 9.32 Å². The molecule has 0 amide bonds. The monoisotopic (exact) mass is 251 g/mol. The van der Waals surface area contributed by atoms with Gasteiger partial charge in [0.15, 0.2) is 0 Å². The first-order valence-electron chi connectivity index (χ1n) is 6.89. The van der Waals surface area contributed by atoms with E-state index in [0.29, 0.717) is 0 Å². The van der Waals surface area contributed by atoms with E-state index >= 15 is 0 Å². The smallest absolute Gasteiger partial charge is 0.208 e. The number of rotatable bonds is 3.